The molecule has 0 saturated heterocycles. The lowest BCUT2D eigenvalue weighted by atomic mass is 10.2. The lowest BCUT2D eigenvalue weighted by molar-refractivity contribution is -0.0547. The van der Waals surface area contributed by atoms with E-state index >= 15 is 0 Å². The van der Waals surface area contributed by atoms with Crippen molar-refractivity contribution in [2.75, 3.05) is 0 Å². The molecule has 0 saturated carbocycles. The van der Waals surface area contributed by atoms with E-state index in [0.29, 0.717) is 0 Å². The van der Waals surface area contributed by atoms with Crippen LogP contribution in [0, 0.1) is 5.82 Å². The second-order valence-corrected chi connectivity index (χ2v) is 4.40. The summed E-state index contributed by atoms with van der Waals surface area (Å²) in [6.45, 7) is -0.790. The van der Waals surface area contributed by atoms with E-state index in [0.717, 1.165) is 24.3 Å². The molecule has 0 heterocycles. The molecule has 0 spiro atoms. The number of benzene rings is 1. The molecule has 0 amide bonds. The summed E-state index contributed by atoms with van der Waals surface area (Å²) in [5, 5.41) is 0. The molecule has 1 aromatic carbocycles. The maximum Gasteiger partial charge on any atom is 0.523 e. The van der Waals surface area contributed by atoms with Gasteiger partial charge in [-0.25, -0.2) is 4.39 Å². The van der Waals surface area contributed by atoms with Gasteiger partial charge < -0.3 is 6.15 Å². The topological polar surface area (TPSA) is 78.4 Å². The van der Waals surface area contributed by atoms with Crippen LogP contribution in [0.3, 0.4) is 0 Å². The van der Waals surface area contributed by atoms with Gasteiger partial charge in [-0.2, -0.15) is 21.6 Å². The van der Waals surface area contributed by atoms with Crippen LogP contribution in [0.4, 0.5) is 17.6 Å². The van der Waals surface area contributed by atoms with E-state index in [1.165, 1.54) is 0 Å². The summed E-state index contributed by atoms with van der Waals surface area (Å²) >= 11 is 0. The predicted molar refractivity (Wildman–Crippen MR) is 51.2 cm³/mol. The highest BCUT2D eigenvalue weighted by Crippen LogP contribution is 2.25. The molecule has 0 radical (unpaired) electrons. The van der Waals surface area contributed by atoms with Gasteiger partial charge in [0.05, 0.1) is 6.61 Å². The highest BCUT2D eigenvalue weighted by Gasteiger charge is 2.47. The molecule has 0 bridgehead atoms. The SMILES string of the molecule is N.O=S(=O)(OCc1ccc(F)cc1)C(F)(F)F. The summed E-state index contributed by atoms with van der Waals surface area (Å²) in [4.78, 5) is 0. The fourth-order valence-corrected chi connectivity index (χ4v) is 1.22. The van der Waals surface area contributed by atoms with Crippen LogP contribution < -0.4 is 6.15 Å². The lowest BCUT2D eigenvalue weighted by Gasteiger charge is -2.07. The summed E-state index contributed by atoms with van der Waals surface area (Å²) in [7, 11) is -5.60. The maximum absolute atomic E-state index is 12.4. The number of rotatable bonds is 3. The summed E-state index contributed by atoms with van der Waals surface area (Å²) in [5.74, 6) is -0.581. The van der Waals surface area contributed by atoms with Gasteiger partial charge in [-0.3, -0.25) is 4.18 Å². The van der Waals surface area contributed by atoms with E-state index < -0.39 is 28.1 Å². The summed E-state index contributed by atoms with van der Waals surface area (Å²) in [6, 6.07) is 4.22. The smallest absolute Gasteiger partial charge is 0.344 e. The Morgan fingerprint density at radius 3 is 2.00 bits per heavy atom. The second kappa shape index (κ2) is 5.43. The van der Waals surface area contributed by atoms with Crippen LogP contribution in [-0.2, 0) is 20.9 Å². The van der Waals surface area contributed by atoms with Crippen LogP contribution in [0.15, 0.2) is 24.3 Å². The molecule has 0 unspecified atom stereocenters. The standard InChI is InChI=1S/C8H6F4O3S.H3N/c9-7-3-1-6(2-4-7)5-15-16(13,14)8(10,11)12;/h1-4H,5H2;1H3. The van der Waals surface area contributed by atoms with Crippen LogP contribution >= 0.6 is 0 Å². The van der Waals surface area contributed by atoms with Crippen LogP contribution in [-0.4, -0.2) is 13.9 Å². The number of halogens is 4. The quantitative estimate of drug-likeness (QED) is 0.521. The Bertz CT molecular complexity index is 455. The summed E-state index contributed by atoms with van der Waals surface area (Å²) in [5.41, 5.74) is -5.33. The van der Waals surface area contributed by atoms with Crippen molar-refractivity contribution in [3.63, 3.8) is 0 Å². The molecule has 4 nitrogen and oxygen atoms in total. The minimum atomic E-state index is -5.60. The van der Waals surface area contributed by atoms with Crippen molar-refractivity contribution in [3.8, 4) is 0 Å². The zero-order valence-corrected chi connectivity index (χ0v) is 9.18. The van der Waals surface area contributed by atoms with Crippen LogP contribution in [0.5, 0.6) is 0 Å². The largest absolute Gasteiger partial charge is 0.523 e. The highest BCUT2D eigenvalue weighted by atomic mass is 32.2. The molecule has 0 atom stereocenters. The molecule has 17 heavy (non-hydrogen) atoms. The minimum absolute atomic E-state index is 0. The molecule has 0 aliphatic rings. The molecular formula is C8H9F4NO3S. The molecule has 3 N–H and O–H groups in total. The van der Waals surface area contributed by atoms with E-state index in [1.807, 2.05) is 0 Å². The van der Waals surface area contributed by atoms with Crippen LogP contribution in [0.2, 0.25) is 0 Å². The third kappa shape index (κ3) is 4.29. The third-order valence-electron chi connectivity index (χ3n) is 1.58. The number of hydrogen-bond donors (Lipinski definition) is 1. The van der Waals surface area contributed by atoms with Crippen molar-refractivity contribution >= 4 is 10.1 Å². The van der Waals surface area contributed by atoms with Gasteiger partial charge >= 0.3 is 15.6 Å². The Morgan fingerprint density at radius 2 is 1.59 bits per heavy atom. The van der Waals surface area contributed by atoms with Gasteiger partial charge in [0.15, 0.2) is 0 Å². The van der Waals surface area contributed by atoms with Gasteiger partial charge in [0.2, 0.25) is 0 Å². The average molecular weight is 275 g/mol. The first-order chi connectivity index (χ1) is 7.22. The van der Waals surface area contributed by atoms with Crippen molar-refractivity contribution in [1.82, 2.24) is 6.15 Å². The van der Waals surface area contributed by atoms with Crippen molar-refractivity contribution in [2.45, 2.75) is 12.1 Å². The summed E-state index contributed by atoms with van der Waals surface area (Å²) < 4.78 is 72.6. The monoisotopic (exact) mass is 275 g/mol. The second-order valence-electron chi connectivity index (χ2n) is 2.79. The molecule has 98 valence electrons. The van der Waals surface area contributed by atoms with E-state index in [1.54, 1.807) is 0 Å². The first-order valence-electron chi connectivity index (χ1n) is 3.92. The molecule has 1 aromatic rings. The van der Waals surface area contributed by atoms with Crippen molar-refractivity contribution in [1.29, 1.82) is 0 Å². The zero-order valence-electron chi connectivity index (χ0n) is 8.37. The van der Waals surface area contributed by atoms with Crippen molar-refractivity contribution in [2.24, 2.45) is 0 Å². The van der Waals surface area contributed by atoms with Gasteiger partial charge in [-0.15, -0.1) is 0 Å². The lowest BCUT2D eigenvalue weighted by Crippen LogP contribution is -2.25. The third-order valence-corrected chi connectivity index (χ3v) is 2.57. The summed E-state index contributed by atoms with van der Waals surface area (Å²) in [6.07, 6.45) is 0. The van der Waals surface area contributed by atoms with Crippen LogP contribution in [0.1, 0.15) is 5.56 Å². The van der Waals surface area contributed by atoms with Crippen molar-refractivity contribution < 1.29 is 30.2 Å². The van der Waals surface area contributed by atoms with E-state index in [4.69, 9.17) is 0 Å². The number of alkyl halides is 3. The molecular weight excluding hydrogens is 266 g/mol. The van der Waals surface area contributed by atoms with E-state index in [-0.39, 0.29) is 11.7 Å². The number of hydrogen-bond acceptors (Lipinski definition) is 4. The molecule has 0 aliphatic carbocycles. The zero-order chi connectivity index (χ0) is 12.4. The molecule has 0 fully saturated rings. The first kappa shape index (κ1) is 15.8. The highest BCUT2D eigenvalue weighted by molar-refractivity contribution is 7.87. The van der Waals surface area contributed by atoms with E-state index in [2.05, 4.69) is 4.18 Å². The Kier molecular flexibility index (Phi) is 5.05. The predicted octanol–water partition coefficient (Wildman–Crippen LogP) is 2.35. The van der Waals surface area contributed by atoms with Gasteiger partial charge in [0.25, 0.3) is 0 Å². The normalized spacial score (nSPS) is 12.0. The molecule has 0 aromatic heterocycles. The maximum atomic E-state index is 12.4. The van der Waals surface area contributed by atoms with Gasteiger partial charge in [0, 0.05) is 0 Å². The first-order valence-corrected chi connectivity index (χ1v) is 5.33. The van der Waals surface area contributed by atoms with Crippen molar-refractivity contribution in [3.05, 3.63) is 35.6 Å². The Labute approximate surface area is 94.9 Å². The van der Waals surface area contributed by atoms with Gasteiger partial charge in [-0.05, 0) is 17.7 Å². The minimum Gasteiger partial charge on any atom is -0.344 e. The Balaban J connectivity index is 0.00000256. The van der Waals surface area contributed by atoms with Gasteiger partial charge in [0.1, 0.15) is 5.82 Å². The van der Waals surface area contributed by atoms with Gasteiger partial charge in [-0.1, -0.05) is 12.1 Å². The average Bonchev–Trinajstić information content (AvgIpc) is 2.15. The fraction of sp³-hybridized carbons (Fsp3) is 0.250. The van der Waals surface area contributed by atoms with E-state index in [9.17, 15) is 26.0 Å². The molecule has 1 rings (SSSR count). The Morgan fingerprint density at radius 1 is 1.12 bits per heavy atom. The molecule has 0 aliphatic heterocycles. The van der Waals surface area contributed by atoms with Crippen LogP contribution in [0.25, 0.3) is 0 Å². The Hall–Kier alpha value is -1.19. The fourth-order valence-electron chi connectivity index (χ4n) is 0.793. The molecule has 9 heteroatoms.